The van der Waals surface area contributed by atoms with E-state index in [1.54, 1.807) is 13.8 Å². The first-order valence-corrected chi connectivity index (χ1v) is 25.3. The van der Waals surface area contributed by atoms with Gasteiger partial charge in [0.25, 0.3) is 0 Å². The van der Waals surface area contributed by atoms with Crippen molar-refractivity contribution in [1.82, 2.24) is 0 Å². The molecule has 0 atom stereocenters. The van der Waals surface area contributed by atoms with Crippen molar-refractivity contribution >= 4 is 17.9 Å². The molecule has 0 aliphatic heterocycles. The first kappa shape index (κ1) is 67.2. The van der Waals surface area contributed by atoms with E-state index in [4.69, 9.17) is 5.11 Å². The van der Waals surface area contributed by atoms with Crippen molar-refractivity contribution in [3.05, 3.63) is 0 Å². The standard InChI is InChI=1S/3C16H32O2.C3H8O.Ti/c3*1-2-3-4-5-6-7-8-9-10-11-12-13-14-15-16(17)18;1-3(2)4;/h3*2-15H2,1H3,(H,17,18);3-4H,1-2H3;/q;;;;+3/p-3. The fourth-order valence-electron chi connectivity index (χ4n) is 6.86. The third kappa shape index (κ3) is 89.1. The third-order valence-corrected chi connectivity index (χ3v) is 10.5. The van der Waals surface area contributed by atoms with Crippen molar-refractivity contribution in [3.63, 3.8) is 0 Å². The smallest absolute Gasteiger partial charge is 0.550 e. The molecule has 0 aliphatic rings. The van der Waals surface area contributed by atoms with E-state index in [1.165, 1.54) is 212 Å². The molecule has 59 heavy (non-hydrogen) atoms. The average molecular weight is 874 g/mol. The van der Waals surface area contributed by atoms with Gasteiger partial charge < -0.3 is 34.8 Å². The summed E-state index contributed by atoms with van der Waals surface area (Å²) in [5.74, 6) is -2.71. The molecule has 1 radical (unpaired) electrons. The Morgan fingerprint density at radius 2 is 0.407 bits per heavy atom. The van der Waals surface area contributed by atoms with Gasteiger partial charge >= 0.3 is 21.7 Å². The van der Waals surface area contributed by atoms with Gasteiger partial charge in [-0.25, -0.2) is 0 Å². The fourth-order valence-corrected chi connectivity index (χ4v) is 6.86. The van der Waals surface area contributed by atoms with Crippen molar-refractivity contribution in [2.75, 3.05) is 0 Å². The van der Waals surface area contributed by atoms with Crippen LogP contribution < -0.4 is 15.3 Å². The molecule has 0 saturated carbocycles. The Kier molecular flexibility index (Phi) is 72.5. The third-order valence-electron chi connectivity index (χ3n) is 10.5. The van der Waals surface area contributed by atoms with E-state index in [0.717, 1.165) is 38.5 Å². The summed E-state index contributed by atoms with van der Waals surface area (Å²) in [5.41, 5.74) is 0. The van der Waals surface area contributed by atoms with Crippen molar-refractivity contribution < 1.29 is 56.5 Å². The summed E-state index contributed by atoms with van der Waals surface area (Å²) in [7, 11) is 0. The van der Waals surface area contributed by atoms with Crippen LogP contribution in [0.1, 0.15) is 304 Å². The molecule has 0 saturated heterocycles. The van der Waals surface area contributed by atoms with Crippen LogP contribution in [0.4, 0.5) is 0 Å². The molecular formula is C51H101O7Ti. The van der Waals surface area contributed by atoms with Gasteiger partial charge in [-0.2, -0.15) is 0 Å². The van der Waals surface area contributed by atoms with Gasteiger partial charge in [-0.05, 0) is 52.4 Å². The number of unbranched alkanes of at least 4 members (excludes halogenated alkanes) is 36. The van der Waals surface area contributed by atoms with Crippen molar-refractivity contribution in [2.45, 2.75) is 310 Å². The van der Waals surface area contributed by atoms with E-state index in [1.807, 2.05) is 0 Å². The van der Waals surface area contributed by atoms with Crippen LogP contribution in [0.25, 0.3) is 0 Å². The van der Waals surface area contributed by atoms with Gasteiger partial charge in [0.1, 0.15) is 0 Å². The second kappa shape index (κ2) is 63.7. The Labute approximate surface area is 383 Å². The van der Waals surface area contributed by atoms with E-state index in [0.29, 0.717) is 0 Å². The molecule has 0 unspecified atom stereocenters. The summed E-state index contributed by atoms with van der Waals surface area (Å²) in [4.78, 5) is 30.6. The van der Waals surface area contributed by atoms with Crippen molar-refractivity contribution in [2.24, 2.45) is 0 Å². The molecule has 0 rings (SSSR count). The van der Waals surface area contributed by atoms with E-state index < -0.39 is 17.9 Å². The minimum atomic E-state index is -0.905. The quantitative estimate of drug-likeness (QED) is 0.0475. The molecular weight excluding hydrogens is 772 g/mol. The van der Waals surface area contributed by atoms with Crippen LogP contribution in [-0.4, -0.2) is 29.1 Å². The maximum Gasteiger partial charge on any atom is 3.00 e. The number of carbonyl (C=O) groups excluding carboxylic acids is 3. The Morgan fingerprint density at radius 3 is 0.508 bits per heavy atom. The van der Waals surface area contributed by atoms with E-state index in [2.05, 4.69) is 20.8 Å². The molecule has 0 aliphatic carbocycles. The predicted octanol–water partition coefficient (Wildman–Crippen LogP) is 13.0. The summed E-state index contributed by atoms with van der Waals surface area (Å²) < 4.78 is 0. The number of carboxylic acids is 3. The van der Waals surface area contributed by atoms with Crippen LogP contribution in [0.2, 0.25) is 0 Å². The molecule has 7 nitrogen and oxygen atoms in total. The number of carboxylic acid groups (broad SMARTS) is 3. The Hall–Kier alpha value is -0.916. The number of aliphatic hydroxyl groups excluding tert-OH is 1. The van der Waals surface area contributed by atoms with Crippen LogP contribution in [-0.2, 0) is 36.1 Å². The number of hydrogen-bond acceptors (Lipinski definition) is 7. The number of rotatable bonds is 42. The second-order valence-electron chi connectivity index (χ2n) is 17.2. The maximum absolute atomic E-state index is 10.2. The summed E-state index contributed by atoms with van der Waals surface area (Å²) in [6, 6.07) is 0. The van der Waals surface area contributed by atoms with Crippen LogP contribution in [0.3, 0.4) is 0 Å². The van der Waals surface area contributed by atoms with E-state index in [9.17, 15) is 29.7 Å². The van der Waals surface area contributed by atoms with E-state index >= 15 is 0 Å². The molecule has 0 spiro atoms. The zero-order valence-electron chi connectivity index (χ0n) is 40.2. The van der Waals surface area contributed by atoms with Gasteiger partial charge in [-0.1, -0.05) is 252 Å². The SMILES string of the molecule is CC(C)O.CCCCCCCCCCCCCCCC(=O)[O-].CCCCCCCCCCCCCCCC(=O)[O-].CCCCCCCCCCCCCCCC(=O)[O-].[Ti+3]. The number of carbonyl (C=O) groups is 3. The fraction of sp³-hybridized carbons (Fsp3) is 0.941. The summed E-state index contributed by atoms with van der Waals surface area (Å²) >= 11 is 0. The molecule has 0 bridgehead atoms. The minimum absolute atomic E-state index is 0. The Morgan fingerprint density at radius 1 is 0.305 bits per heavy atom. The molecule has 0 aromatic rings. The van der Waals surface area contributed by atoms with Gasteiger partial charge in [-0.15, -0.1) is 0 Å². The molecule has 0 fully saturated rings. The van der Waals surface area contributed by atoms with Crippen molar-refractivity contribution in [3.8, 4) is 0 Å². The van der Waals surface area contributed by atoms with Crippen LogP contribution in [0.5, 0.6) is 0 Å². The molecule has 0 aromatic heterocycles. The zero-order valence-corrected chi connectivity index (χ0v) is 41.7. The maximum atomic E-state index is 10.2. The van der Waals surface area contributed by atoms with Crippen molar-refractivity contribution in [1.29, 1.82) is 0 Å². The summed E-state index contributed by atoms with van der Waals surface area (Å²) in [6.07, 6.45) is 50.6. The monoisotopic (exact) mass is 874 g/mol. The predicted molar refractivity (Wildman–Crippen MR) is 243 cm³/mol. The van der Waals surface area contributed by atoms with E-state index in [-0.39, 0.29) is 47.1 Å². The van der Waals surface area contributed by atoms with Gasteiger partial charge in [0.05, 0.1) is 0 Å². The molecule has 0 amide bonds. The average Bonchev–Trinajstić information content (AvgIpc) is 3.17. The Bertz CT molecular complexity index is 679. The van der Waals surface area contributed by atoms with Crippen LogP contribution in [0.15, 0.2) is 0 Å². The zero-order chi connectivity index (χ0) is 44.0. The van der Waals surface area contributed by atoms with Gasteiger partial charge in [-0.3, -0.25) is 0 Å². The minimum Gasteiger partial charge on any atom is -0.550 e. The molecule has 0 aromatic carbocycles. The molecule has 1 N–H and O–H groups in total. The Balaban J connectivity index is -0.000000234. The summed E-state index contributed by atoms with van der Waals surface area (Å²) in [5, 5.41) is 38.6. The van der Waals surface area contributed by atoms with Gasteiger partial charge in [0.2, 0.25) is 0 Å². The van der Waals surface area contributed by atoms with Crippen LogP contribution in [0, 0.1) is 0 Å². The molecule has 351 valence electrons. The van der Waals surface area contributed by atoms with Crippen LogP contribution >= 0.6 is 0 Å². The second-order valence-corrected chi connectivity index (χ2v) is 17.2. The van der Waals surface area contributed by atoms with Gasteiger partial charge in [0.15, 0.2) is 0 Å². The summed E-state index contributed by atoms with van der Waals surface area (Å²) in [6.45, 7) is 10.2. The molecule has 8 heteroatoms. The van der Waals surface area contributed by atoms with Gasteiger partial charge in [0, 0.05) is 24.0 Å². The number of hydrogen-bond donors (Lipinski definition) is 1. The number of aliphatic hydroxyl groups is 1. The first-order chi connectivity index (χ1) is 28.0. The molecule has 0 heterocycles. The largest absolute Gasteiger partial charge is 3.00 e. The topological polar surface area (TPSA) is 141 Å². The number of aliphatic carboxylic acids is 3. The first-order valence-electron chi connectivity index (χ1n) is 25.3. The normalized spacial score (nSPS) is 10.4.